The monoisotopic (exact) mass is 384 g/mol. The van der Waals surface area contributed by atoms with Crippen LogP contribution in [0.15, 0.2) is 53.6 Å². The van der Waals surface area contributed by atoms with E-state index in [1.165, 1.54) is 6.21 Å². The minimum absolute atomic E-state index is 0.256. The van der Waals surface area contributed by atoms with E-state index in [1.807, 2.05) is 12.1 Å². The Kier molecular flexibility index (Phi) is 5.73. The molecule has 0 unspecified atom stereocenters. The van der Waals surface area contributed by atoms with Crippen LogP contribution in [-0.4, -0.2) is 36.5 Å². The largest absolute Gasteiger partial charge is 0.497 e. The van der Waals surface area contributed by atoms with E-state index in [1.54, 1.807) is 50.6 Å². The number of aromatic nitrogens is 2. The van der Waals surface area contributed by atoms with Gasteiger partial charge in [-0.05, 0) is 30.3 Å². The third-order valence-corrected chi connectivity index (χ3v) is 4.12. The van der Waals surface area contributed by atoms with Crippen molar-refractivity contribution in [3.05, 3.63) is 64.8 Å². The van der Waals surface area contributed by atoms with Gasteiger partial charge in [-0.3, -0.25) is 9.89 Å². The summed E-state index contributed by atoms with van der Waals surface area (Å²) in [5, 5.41) is 11.3. The lowest BCUT2D eigenvalue weighted by Gasteiger charge is -2.08. The van der Waals surface area contributed by atoms with Gasteiger partial charge in [0.15, 0.2) is 0 Å². The fourth-order valence-electron chi connectivity index (χ4n) is 2.39. The molecular formula is C19H17ClN4O3. The second kappa shape index (κ2) is 8.37. The first-order chi connectivity index (χ1) is 13.1. The number of benzene rings is 2. The van der Waals surface area contributed by atoms with Crippen LogP contribution in [0.3, 0.4) is 0 Å². The Bertz CT molecular complexity index is 985. The predicted octanol–water partition coefficient (Wildman–Crippen LogP) is 3.51. The van der Waals surface area contributed by atoms with E-state index in [0.29, 0.717) is 33.3 Å². The first-order valence-corrected chi connectivity index (χ1v) is 8.36. The Morgan fingerprint density at radius 2 is 2.00 bits per heavy atom. The Labute approximate surface area is 161 Å². The number of ether oxygens (including phenoxy) is 2. The highest BCUT2D eigenvalue weighted by atomic mass is 35.5. The summed E-state index contributed by atoms with van der Waals surface area (Å²) in [6, 6.07) is 14.1. The smallest absolute Gasteiger partial charge is 0.289 e. The van der Waals surface area contributed by atoms with Gasteiger partial charge in [0.2, 0.25) is 0 Å². The van der Waals surface area contributed by atoms with E-state index in [0.717, 1.165) is 0 Å². The molecule has 0 saturated carbocycles. The number of nitrogens with one attached hydrogen (secondary N) is 2. The molecule has 8 heteroatoms. The number of halogens is 1. The first-order valence-electron chi connectivity index (χ1n) is 7.98. The van der Waals surface area contributed by atoms with Crippen LogP contribution in [0.4, 0.5) is 0 Å². The molecule has 0 fully saturated rings. The SMILES string of the molecule is COc1ccc(OC)c(-c2cc(C(=O)N/N=C/c3ccccc3Cl)[nH]n2)c1. The molecule has 0 atom stereocenters. The molecular weight excluding hydrogens is 368 g/mol. The van der Waals surface area contributed by atoms with Crippen LogP contribution >= 0.6 is 11.6 Å². The Morgan fingerprint density at radius 1 is 1.19 bits per heavy atom. The number of H-pyrrole nitrogens is 1. The molecule has 0 spiro atoms. The highest BCUT2D eigenvalue weighted by Gasteiger charge is 2.14. The van der Waals surface area contributed by atoms with Crippen LogP contribution in [-0.2, 0) is 0 Å². The number of hydrogen-bond donors (Lipinski definition) is 2. The highest BCUT2D eigenvalue weighted by molar-refractivity contribution is 6.33. The molecule has 0 aliphatic carbocycles. The summed E-state index contributed by atoms with van der Waals surface area (Å²) >= 11 is 6.04. The normalized spacial score (nSPS) is 10.8. The summed E-state index contributed by atoms with van der Waals surface area (Å²) in [6.45, 7) is 0. The quantitative estimate of drug-likeness (QED) is 0.502. The number of nitrogens with zero attached hydrogens (tertiary/aromatic N) is 2. The minimum Gasteiger partial charge on any atom is -0.497 e. The number of rotatable bonds is 6. The topological polar surface area (TPSA) is 88.6 Å². The molecule has 0 saturated heterocycles. The van der Waals surface area contributed by atoms with Gasteiger partial charge in [0.25, 0.3) is 5.91 Å². The number of amides is 1. The maximum absolute atomic E-state index is 12.3. The van der Waals surface area contributed by atoms with Gasteiger partial charge < -0.3 is 9.47 Å². The van der Waals surface area contributed by atoms with Gasteiger partial charge in [-0.1, -0.05) is 29.8 Å². The molecule has 1 amide bonds. The molecule has 1 heterocycles. The lowest BCUT2D eigenvalue weighted by atomic mass is 10.1. The fourth-order valence-corrected chi connectivity index (χ4v) is 2.58. The molecule has 27 heavy (non-hydrogen) atoms. The lowest BCUT2D eigenvalue weighted by molar-refractivity contribution is 0.0950. The molecule has 138 valence electrons. The first kappa shape index (κ1) is 18.5. The van der Waals surface area contributed by atoms with Gasteiger partial charge in [0.1, 0.15) is 17.2 Å². The van der Waals surface area contributed by atoms with E-state index < -0.39 is 5.91 Å². The summed E-state index contributed by atoms with van der Waals surface area (Å²) in [6.07, 6.45) is 1.47. The van der Waals surface area contributed by atoms with Gasteiger partial charge in [-0.25, -0.2) is 5.43 Å². The summed E-state index contributed by atoms with van der Waals surface area (Å²) in [5.41, 5.74) is 4.64. The average Bonchev–Trinajstić information content (AvgIpc) is 3.19. The lowest BCUT2D eigenvalue weighted by Crippen LogP contribution is -2.18. The van der Waals surface area contributed by atoms with Gasteiger partial charge in [-0.15, -0.1) is 0 Å². The molecule has 0 bridgehead atoms. The van der Waals surface area contributed by atoms with Gasteiger partial charge in [0.05, 0.1) is 26.1 Å². The van der Waals surface area contributed by atoms with Gasteiger partial charge in [-0.2, -0.15) is 10.2 Å². The summed E-state index contributed by atoms with van der Waals surface area (Å²) < 4.78 is 10.6. The van der Waals surface area contributed by atoms with Crippen LogP contribution in [0.5, 0.6) is 11.5 Å². The molecule has 0 aliphatic rings. The van der Waals surface area contributed by atoms with E-state index in [4.69, 9.17) is 21.1 Å². The van der Waals surface area contributed by atoms with E-state index in [-0.39, 0.29) is 5.69 Å². The summed E-state index contributed by atoms with van der Waals surface area (Å²) in [4.78, 5) is 12.3. The molecule has 7 nitrogen and oxygen atoms in total. The molecule has 0 aliphatic heterocycles. The molecule has 3 aromatic rings. The van der Waals surface area contributed by atoms with Crippen molar-refractivity contribution in [3.8, 4) is 22.8 Å². The number of hydrogen-bond acceptors (Lipinski definition) is 5. The molecule has 3 rings (SSSR count). The van der Waals surface area contributed by atoms with E-state index >= 15 is 0 Å². The van der Waals surface area contributed by atoms with E-state index in [9.17, 15) is 4.79 Å². The maximum atomic E-state index is 12.3. The van der Waals surface area contributed by atoms with Crippen molar-refractivity contribution in [1.29, 1.82) is 0 Å². The van der Waals surface area contributed by atoms with Crippen molar-refractivity contribution >= 4 is 23.7 Å². The number of aromatic amines is 1. The van der Waals surface area contributed by atoms with Gasteiger partial charge >= 0.3 is 0 Å². The average molecular weight is 385 g/mol. The zero-order valence-corrected chi connectivity index (χ0v) is 15.4. The van der Waals surface area contributed by atoms with Crippen LogP contribution < -0.4 is 14.9 Å². The van der Waals surface area contributed by atoms with Crippen molar-refractivity contribution in [2.24, 2.45) is 5.10 Å². The second-order valence-corrected chi connectivity index (χ2v) is 5.86. The van der Waals surface area contributed by atoms with Crippen molar-refractivity contribution in [2.75, 3.05) is 14.2 Å². The minimum atomic E-state index is -0.432. The number of methoxy groups -OCH3 is 2. The molecule has 2 N–H and O–H groups in total. The van der Waals surface area contributed by atoms with Gasteiger partial charge in [0, 0.05) is 16.1 Å². The van der Waals surface area contributed by atoms with Crippen LogP contribution in [0, 0.1) is 0 Å². The zero-order valence-electron chi connectivity index (χ0n) is 14.7. The molecule has 2 aromatic carbocycles. The number of carbonyl (C=O) groups excluding carboxylic acids is 1. The maximum Gasteiger partial charge on any atom is 0.289 e. The third kappa shape index (κ3) is 4.27. The van der Waals surface area contributed by atoms with Crippen LogP contribution in [0.1, 0.15) is 16.1 Å². The highest BCUT2D eigenvalue weighted by Crippen LogP contribution is 2.32. The zero-order chi connectivity index (χ0) is 19.2. The molecule has 1 aromatic heterocycles. The molecule has 0 radical (unpaired) electrons. The summed E-state index contributed by atoms with van der Waals surface area (Å²) in [7, 11) is 3.14. The van der Waals surface area contributed by atoms with Crippen molar-refractivity contribution < 1.29 is 14.3 Å². The Morgan fingerprint density at radius 3 is 2.74 bits per heavy atom. The third-order valence-electron chi connectivity index (χ3n) is 3.78. The number of carbonyl (C=O) groups is 1. The van der Waals surface area contributed by atoms with Crippen molar-refractivity contribution in [2.45, 2.75) is 0 Å². The second-order valence-electron chi connectivity index (χ2n) is 5.45. The van der Waals surface area contributed by atoms with Crippen LogP contribution in [0.25, 0.3) is 11.3 Å². The standard InChI is InChI=1S/C19H17ClN4O3/c1-26-13-7-8-18(27-2)14(9-13)16-10-17(23-22-16)19(25)24-21-11-12-5-3-4-6-15(12)20/h3-11H,1-2H3,(H,22,23)(H,24,25)/b21-11+. The Hall–Kier alpha value is -3.32. The van der Waals surface area contributed by atoms with Crippen molar-refractivity contribution in [3.63, 3.8) is 0 Å². The summed E-state index contributed by atoms with van der Waals surface area (Å²) in [5.74, 6) is 0.842. The fraction of sp³-hybridized carbons (Fsp3) is 0.105. The van der Waals surface area contributed by atoms with E-state index in [2.05, 4.69) is 20.7 Å². The Balaban J connectivity index is 1.76. The predicted molar refractivity (Wildman–Crippen MR) is 104 cm³/mol. The van der Waals surface area contributed by atoms with Crippen LogP contribution in [0.2, 0.25) is 5.02 Å². The van der Waals surface area contributed by atoms with Crippen molar-refractivity contribution in [1.82, 2.24) is 15.6 Å². The number of hydrazone groups is 1.